The standard InChI is InChI=1S/C25H19ClF3N5O3/c1-13(2)35-15-5-3-14(4-6-15)20-19(36-16-7-9-17(10-8-16)37-25(27,28)29)12-11-18-21(20)22(26)23(30-18)24-31-33-34-32-24/h3-13,30H,1-2H3,(H,31,32,33,34). The maximum Gasteiger partial charge on any atom is 0.573 e. The SMILES string of the molecule is CC(C)Oc1ccc(-c2c(Oc3ccc(OC(F)(F)F)cc3)ccc3[nH]c(-c4nnn[nH]4)c(Cl)c23)cc1. The van der Waals surface area contributed by atoms with Crippen molar-refractivity contribution in [3.05, 3.63) is 65.7 Å². The summed E-state index contributed by atoms with van der Waals surface area (Å²) in [5.41, 5.74) is 2.63. The van der Waals surface area contributed by atoms with E-state index in [2.05, 4.69) is 30.3 Å². The summed E-state index contributed by atoms with van der Waals surface area (Å²) in [5, 5.41) is 14.9. The molecule has 2 N–H and O–H groups in total. The molecule has 3 aromatic carbocycles. The van der Waals surface area contributed by atoms with Gasteiger partial charge in [-0.2, -0.15) is 0 Å². The molecule has 0 aliphatic carbocycles. The van der Waals surface area contributed by atoms with E-state index >= 15 is 0 Å². The van der Waals surface area contributed by atoms with E-state index in [4.69, 9.17) is 21.1 Å². The van der Waals surface area contributed by atoms with Crippen LogP contribution in [0.5, 0.6) is 23.0 Å². The van der Waals surface area contributed by atoms with Crippen molar-refractivity contribution in [1.29, 1.82) is 0 Å². The number of H-pyrrole nitrogens is 2. The molecule has 0 bridgehead atoms. The summed E-state index contributed by atoms with van der Waals surface area (Å²) in [6.07, 6.45) is -4.77. The molecule has 0 spiro atoms. The summed E-state index contributed by atoms with van der Waals surface area (Å²) >= 11 is 6.81. The van der Waals surface area contributed by atoms with Crippen LogP contribution in [0.25, 0.3) is 33.5 Å². The highest BCUT2D eigenvalue weighted by atomic mass is 35.5. The molecule has 0 aliphatic heterocycles. The van der Waals surface area contributed by atoms with E-state index in [0.29, 0.717) is 50.3 Å². The molecule has 12 heteroatoms. The first-order chi connectivity index (χ1) is 17.7. The molecule has 5 aromatic rings. The average Bonchev–Trinajstić information content (AvgIpc) is 3.48. The zero-order chi connectivity index (χ0) is 26.2. The number of fused-ring (bicyclic) bond motifs is 1. The quantitative estimate of drug-likeness (QED) is 0.232. The zero-order valence-electron chi connectivity index (χ0n) is 19.4. The van der Waals surface area contributed by atoms with E-state index in [9.17, 15) is 13.2 Å². The third-order valence-corrected chi connectivity index (χ3v) is 5.63. The van der Waals surface area contributed by atoms with Crippen LogP contribution < -0.4 is 14.2 Å². The summed E-state index contributed by atoms with van der Waals surface area (Å²) in [7, 11) is 0. The number of aromatic amines is 2. The Morgan fingerprint density at radius 2 is 1.57 bits per heavy atom. The molecular weight excluding hydrogens is 511 g/mol. The van der Waals surface area contributed by atoms with Crippen LogP contribution >= 0.6 is 11.6 Å². The van der Waals surface area contributed by atoms with Crippen LogP contribution in [0.4, 0.5) is 13.2 Å². The first-order valence-corrected chi connectivity index (χ1v) is 11.4. The maximum absolute atomic E-state index is 12.5. The summed E-state index contributed by atoms with van der Waals surface area (Å²) in [4.78, 5) is 3.23. The van der Waals surface area contributed by atoms with Gasteiger partial charge in [-0.3, -0.25) is 0 Å². The smallest absolute Gasteiger partial charge is 0.491 e. The van der Waals surface area contributed by atoms with Crippen LogP contribution in [-0.2, 0) is 0 Å². The van der Waals surface area contributed by atoms with Crippen LogP contribution in [0.1, 0.15) is 13.8 Å². The van der Waals surface area contributed by atoms with Crippen LogP contribution in [0.2, 0.25) is 5.02 Å². The molecule has 5 rings (SSSR count). The van der Waals surface area contributed by atoms with Crippen molar-refractivity contribution in [2.24, 2.45) is 0 Å². The monoisotopic (exact) mass is 529 g/mol. The molecule has 0 amide bonds. The molecule has 0 atom stereocenters. The van der Waals surface area contributed by atoms with E-state index in [-0.39, 0.29) is 11.9 Å². The maximum atomic E-state index is 12.5. The van der Waals surface area contributed by atoms with Crippen molar-refractivity contribution in [3.63, 3.8) is 0 Å². The Morgan fingerprint density at radius 1 is 0.892 bits per heavy atom. The van der Waals surface area contributed by atoms with Gasteiger partial charge >= 0.3 is 6.36 Å². The van der Waals surface area contributed by atoms with Gasteiger partial charge in [0.2, 0.25) is 0 Å². The summed E-state index contributed by atoms with van der Waals surface area (Å²) in [6, 6.07) is 16.1. The molecule has 8 nitrogen and oxygen atoms in total. The van der Waals surface area contributed by atoms with Gasteiger partial charge in [0.15, 0.2) is 5.82 Å². The second-order valence-corrected chi connectivity index (χ2v) is 8.62. The lowest BCUT2D eigenvalue weighted by molar-refractivity contribution is -0.274. The van der Waals surface area contributed by atoms with Crippen molar-refractivity contribution >= 4 is 22.5 Å². The fourth-order valence-electron chi connectivity index (χ4n) is 3.84. The Balaban J connectivity index is 1.60. The van der Waals surface area contributed by atoms with Crippen molar-refractivity contribution in [3.8, 4) is 45.6 Å². The van der Waals surface area contributed by atoms with Gasteiger partial charge in [-0.25, -0.2) is 5.10 Å². The van der Waals surface area contributed by atoms with E-state index in [1.807, 2.05) is 38.1 Å². The van der Waals surface area contributed by atoms with Crippen LogP contribution in [0, 0.1) is 0 Å². The summed E-state index contributed by atoms with van der Waals surface area (Å²) < 4.78 is 53.4. The number of benzene rings is 3. The number of hydrogen-bond donors (Lipinski definition) is 2. The van der Waals surface area contributed by atoms with Crippen LogP contribution in [0.3, 0.4) is 0 Å². The highest BCUT2D eigenvalue weighted by Crippen LogP contribution is 2.45. The fourth-order valence-corrected chi connectivity index (χ4v) is 4.17. The second kappa shape index (κ2) is 9.66. The number of hydrogen-bond acceptors (Lipinski definition) is 6. The molecule has 0 aliphatic rings. The predicted octanol–water partition coefficient (Wildman–Crippen LogP) is 7.15. The topological polar surface area (TPSA) is 97.9 Å². The lowest BCUT2D eigenvalue weighted by atomic mass is 10.00. The number of alkyl halides is 3. The van der Waals surface area contributed by atoms with Crippen molar-refractivity contribution in [2.45, 2.75) is 26.3 Å². The lowest BCUT2D eigenvalue weighted by Crippen LogP contribution is -2.16. The Hall–Kier alpha value is -4.25. The minimum absolute atomic E-state index is 0.00895. The first-order valence-electron chi connectivity index (χ1n) is 11.1. The third kappa shape index (κ3) is 5.31. The number of tetrazole rings is 1. The largest absolute Gasteiger partial charge is 0.573 e. The molecule has 0 saturated carbocycles. The second-order valence-electron chi connectivity index (χ2n) is 8.24. The number of nitrogens with one attached hydrogen (secondary N) is 2. The molecule has 0 radical (unpaired) electrons. The van der Waals surface area contributed by atoms with Crippen molar-refractivity contribution in [2.75, 3.05) is 0 Å². The van der Waals surface area contributed by atoms with Gasteiger partial charge < -0.3 is 19.2 Å². The Morgan fingerprint density at radius 3 is 2.19 bits per heavy atom. The number of ether oxygens (including phenoxy) is 3. The van der Waals surface area contributed by atoms with E-state index in [1.165, 1.54) is 24.3 Å². The highest BCUT2D eigenvalue weighted by molar-refractivity contribution is 6.39. The lowest BCUT2D eigenvalue weighted by Gasteiger charge is -2.15. The van der Waals surface area contributed by atoms with Gasteiger partial charge in [-0.15, -0.1) is 18.3 Å². The van der Waals surface area contributed by atoms with Gasteiger partial charge in [0.1, 0.15) is 28.7 Å². The van der Waals surface area contributed by atoms with Gasteiger partial charge in [-0.05, 0) is 78.4 Å². The number of nitrogens with zero attached hydrogens (tertiary/aromatic N) is 3. The number of rotatable bonds is 7. The minimum Gasteiger partial charge on any atom is -0.491 e. The van der Waals surface area contributed by atoms with Gasteiger partial charge in [0, 0.05) is 16.5 Å². The average molecular weight is 530 g/mol. The van der Waals surface area contributed by atoms with Gasteiger partial charge in [0.25, 0.3) is 0 Å². The van der Waals surface area contributed by atoms with Crippen LogP contribution in [0.15, 0.2) is 60.7 Å². The third-order valence-electron chi connectivity index (χ3n) is 5.25. The predicted molar refractivity (Wildman–Crippen MR) is 131 cm³/mol. The highest BCUT2D eigenvalue weighted by Gasteiger charge is 2.31. The Kier molecular flexibility index (Phi) is 6.38. The van der Waals surface area contributed by atoms with E-state index < -0.39 is 6.36 Å². The molecule has 2 aromatic heterocycles. The number of aromatic nitrogens is 5. The van der Waals surface area contributed by atoms with Crippen LogP contribution in [-0.4, -0.2) is 38.1 Å². The fraction of sp³-hybridized carbons (Fsp3) is 0.160. The molecule has 0 fully saturated rings. The van der Waals surface area contributed by atoms with E-state index in [1.54, 1.807) is 12.1 Å². The molecule has 2 heterocycles. The minimum atomic E-state index is -4.78. The Bertz CT molecular complexity index is 1520. The molecule has 190 valence electrons. The first kappa shape index (κ1) is 24.4. The molecule has 37 heavy (non-hydrogen) atoms. The number of halogens is 4. The molecule has 0 saturated heterocycles. The molecule has 0 unspecified atom stereocenters. The normalized spacial score (nSPS) is 11.8. The van der Waals surface area contributed by atoms with Crippen molar-refractivity contribution < 1.29 is 27.4 Å². The molecular formula is C25H19ClF3N5O3. The summed E-state index contributed by atoms with van der Waals surface area (Å²) in [6.45, 7) is 3.87. The van der Waals surface area contributed by atoms with Gasteiger partial charge in [0.05, 0.1) is 11.1 Å². The Labute approximate surface area is 213 Å². The van der Waals surface area contributed by atoms with E-state index in [0.717, 1.165) is 5.56 Å². The zero-order valence-corrected chi connectivity index (χ0v) is 20.2. The van der Waals surface area contributed by atoms with Crippen molar-refractivity contribution in [1.82, 2.24) is 25.6 Å². The van der Waals surface area contributed by atoms with Gasteiger partial charge in [-0.1, -0.05) is 23.7 Å². The summed E-state index contributed by atoms with van der Waals surface area (Å²) in [5.74, 6) is 1.44.